The molecule has 1 saturated heterocycles. The highest BCUT2D eigenvalue weighted by molar-refractivity contribution is 5.92. The largest absolute Gasteiger partial charge is 0.358 e. The quantitative estimate of drug-likeness (QED) is 0.837. The number of nitrogens with zero attached hydrogens (tertiary/aromatic N) is 5. The van der Waals surface area contributed by atoms with Crippen LogP contribution in [0.4, 0.5) is 5.82 Å². The van der Waals surface area contributed by atoms with Crippen LogP contribution in [0.3, 0.4) is 0 Å². The first-order chi connectivity index (χ1) is 12.1. The first-order valence-corrected chi connectivity index (χ1v) is 8.86. The fraction of sp³-hybridized carbons (Fsp3) is 0.474. The summed E-state index contributed by atoms with van der Waals surface area (Å²) in [7, 11) is 1.98. The number of amides is 1. The summed E-state index contributed by atoms with van der Waals surface area (Å²) in [6.45, 7) is 4.69. The Morgan fingerprint density at radius 1 is 1.16 bits per heavy atom. The second-order valence-corrected chi connectivity index (χ2v) is 6.78. The Bertz CT molecular complexity index is 681. The number of anilines is 1. The maximum atomic E-state index is 12.5. The molecule has 0 spiro atoms. The molecule has 1 fully saturated rings. The van der Waals surface area contributed by atoms with E-state index in [1.54, 1.807) is 18.5 Å². The molecule has 0 bridgehead atoms. The highest BCUT2D eigenvalue weighted by Gasteiger charge is 2.22. The van der Waals surface area contributed by atoms with Crippen LogP contribution in [-0.4, -0.2) is 52.7 Å². The molecule has 3 rings (SSSR count). The molecule has 1 aliphatic heterocycles. The molecule has 132 valence electrons. The number of pyridine rings is 1. The second-order valence-electron chi connectivity index (χ2n) is 6.78. The first-order valence-electron chi connectivity index (χ1n) is 8.86. The molecule has 6 heteroatoms. The van der Waals surface area contributed by atoms with E-state index in [9.17, 15) is 4.79 Å². The molecular weight excluding hydrogens is 314 g/mol. The molecule has 2 aromatic heterocycles. The molecule has 6 nitrogen and oxygen atoms in total. The van der Waals surface area contributed by atoms with Crippen molar-refractivity contribution in [1.29, 1.82) is 0 Å². The molecule has 0 saturated carbocycles. The third kappa shape index (κ3) is 4.53. The minimum absolute atomic E-state index is 0.00890. The van der Waals surface area contributed by atoms with Gasteiger partial charge in [0.25, 0.3) is 5.91 Å². The van der Waals surface area contributed by atoms with Crippen LogP contribution in [0, 0.1) is 5.92 Å². The number of hydrogen-bond acceptors (Lipinski definition) is 5. The van der Waals surface area contributed by atoms with E-state index >= 15 is 0 Å². The van der Waals surface area contributed by atoms with Gasteiger partial charge in [-0.25, -0.2) is 0 Å². The average molecular weight is 339 g/mol. The molecule has 3 heterocycles. The van der Waals surface area contributed by atoms with Crippen LogP contribution in [0.1, 0.15) is 35.8 Å². The van der Waals surface area contributed by atoms with Gasteiger partial charge in [-0.3, -0.25) is 9.78 Å². The Morgan fingerprint density at radius 3 is 2.52 bits per heavy atom. The number of likely N-dealkylation sites (N-methyl/N-ethyl adjacent to an activating group) is 1. The van der Waals surface area contributed by atoms with Crippen LogP contribution >= 0.6 is 0 Å². The number of hydrogen-bond donors (Lipinski definition) is 0. The van der Waals surface area contributed by atoms with Crippen molar-refractivity contribution in [3.05, 3.63) is 47.9 Å². The average Bonchev–Trinajstić information content (AvgIpc) is 2.67. The number of carbonyl (C=O) groups is 1. The van der Waals surface area contributed by atoms with E-state index in [1.807, 2.05) is 35.0 Å². The van der Waals surface area contributed by atoms with Crippen molar-refractivity contribution >= 4 is 11.7 Å². The lowest BCUT2D eigenvalue weighted by atomic mass is 9.99. The maximum Gasteiger partial charge on any atom is 0.274 e. The summed E-state index contributed by atoms with van der Waals surface area (Å²) in [6.07, 6.45) is 6.64. The van der Waals surface area contributed by atoms with Gasteiger partial charge in [-0.2, -0.15) is 0 Å². The Hall–Kier alpha value is -2.50. The number of likely N-dealkylation sites (tertiary alicyclic amines) is 1. The SMILES string of the molecule is CC1CCN(C(=O)c2ccc(N(C)CCc3ccncc3)nn2)CC1. The minimum atomic E-state index is -0.00890. The fourth-order valence-corrected chi connectivity index (χ4v) is 2.98. The number of carbonyl (C=O) groups excluding carboxylic acids is 1. The van der Waals surface area contributed by atoms with Crippen molar-refractivity contribution < 1.29 is 4.79 Å². The summed E-state index contributed by atoms with van der Waals surface area (Å²) in [4.78, 5) is 20.5. The van der Waals surface area contributed by atoms with E-state index < -0.39 is 0 Å². The van der Waals surface area contributed by atoms with Crippen LogP contribution in [0.2, 0.25) is 0 Å². The van der Waals surface area contributed by atoms with Gasteiger partial charge in [0.15, 0.2) is 11.5 Å². The summed E-state index contributed by atoms with van der Waals surface area (Å²) in [5.74, 6) is 1.47. The van der Waals surface area contributed by atoms with Crippen LogP contribution in [0.5, 0.6) is 0 Å². The van der Waals surface area contributed by atoms with Crippen molar-refractivity contribution in [2.45, 2.75) is 26.2 Å². The molecule has 0 unspecified atom stereocenters. The molecular formula is C19H25N5O. The Labute approximate surface area is 148 Å². The van der Waals surface area contributed by atoms with Gasteiger partial charge in [0.2, 0.25) is 0 Å². The van der Waals surface area contributed by atoms with Gasteiger partial charge in [0.1, 0.15) is 0 Å². The standard InChI is InChI=1S/C19H25N5O/c1-15-7-13-24(14-8-15)19(25)17-3-4-18(22-21-17)23(2)12-9-16-5-10-20-11-6-16/h3-6,10-11,15H,7-9,12-14H2,1-2H3. The van der Waals surface area contributed by atoms with Crippen molar-refractivity contribution in [3.8, 4) is 0 Å². The maximum absolute atomic E-state index is 12.5. The molecule has 1 amide bonds. The monoisotopic (exact) mass is 339 g/mol. The first kappa shape index (κ1) is 17.3. The third-order valence-corrected chi connectivity index (χ3v) is 4.82. The molecule has 0 atom stereocenters. The van der Waals surface area contributed by atoms with Crippen molar-refractivity contribution in [3.63, 3.8) is 0 Å². The Kier molecular flexibility index (Phi) is 5.58. The van der Waals surface area contributed by atoms with Crippen LogP contribution in [0.25, 0.3) is 0 Å². The summed E-state index contributed by atoms with van der Waals surface area (Å²) in [5.41, 5.74) is 1.67. The summed E-state index contributed by atoms with van der Waals surface area (Å²) in [6, 6.07) is 7.69. The zero-order chi connectivity index (χ0) is 17.6. The van der Waals surface area contributed by atoms with Crippen LogP contribution < -0.4 is 4.90 Å². The highest BCUT2D eigenvalue weighted by atomic mass is 16.2. The van der Waals surface area contributed by atoms with Gasteiger partial charge in [0, 0.05) is 39.1 Å². The predicted octanol–water partition coefficient (Wildman–Crippen LogP) is 2.42. The predicted molar refractivity (Wildman–Crippen MR) is 97.5 cm³/mol. The normalized spacial score (nSPS) is 15.2. The molecule has 1 aliphatic rings. The lowest BCUT2D eigenvalue weighted by molar-refractivity contribution is 0.0690. The van der Waals surface area contributed by atoms with E-state index in [0.29, 0.717) is 11.6 Å². The zero-order valence-electron chi connectivity index (χ0n) is 14.9. The van der Waals surface area contributed by atoms with E-state index in [4.69, 9.17) is 0 Å². The summed E-state index contributed by atoms with van der Waals surface area (Å²) >= 11 is 0. The second kappa shape index (κ2) is 8.05. The highest BCUT2D eigenvalue weighted by Crippen LogP contribution is 2.18. The number of aromatic nitrogens is 3. The van der Waals surface area contributed by atoms with E-state index in [2.05, 4.69) is 22.1 Å². The molecule has 25 heavy (non-hydrogen) atoms. The van der Waals surface area contributed by atoms with E-state index in [-0.39, 0.29) is 5.91 Å². The molecule has 0 N–H and O–H groups in total. The number of piperidine rings is 1. The van der Waals surface area contributed by atoms with Crippen LogP contribution in [-0.2, 0) is 6.42 Å². The molecule has 0 aliphatic carbocycles. The smallest absolute Gasteiger partial charge is 0.274 e. The van der Waals surface area contributed by atoms with Gasteiger partial charge < -0.3 is 9.80 Å². The van der Waals surface area contributed by atoms with Crippen molar-refractivity contribution in [2.75, 3.05) is 31.6 Å². The lowest BCUT2D eigenvalue weighted by Crippen LogP contribution is -2.38. The third-order valence-electron chi connectivity index (χ3n) is 4.82. The van der Waals surface area contributed by atoms with E-state index in [0.717, 1.165) is 44.7 Å². The van der Waals surface area contributed by atoms with Crippen LogP contribution in [0.15, 0.2) is 36.7 Å². The molecule has 0 aromatic carbocycles. The minimum Gasteiger partial charge on any atom is -0.358 e. The summed E-state index contributed by atoms with van der Waals surface area (Å²) in [5, 5.41) is 8.39. The van der Waals surface area contributed by atoms with Gasteiger partial charge in [-0.1, -0.05) is 6.92 Å². The van der Waals surface area contributed by atoms with Gasteiger partial charge in [-0.05, 0) is 55.0 Å². The zero-order valence-corrected chi connectivity index (χ0v) is 14.9. The van der Waals surface area contributed by atoms with Crippen molar-refractivity contribution in [1.82, 2.24) is 20.1 Å². The molecule has 0 radical (unpaired) electrons. The van der Waals surface area contributed by atoms with Gasteiger partial charge in [0.05, 0.1) is 0 Å². The Morgan fingerprint density at radius 2 is 1.88 bits per heavy atom. The Balaban J connectivity index is 1.56. The fourth-order valence-electron chi connectivity index (χ4n) is 2.98. The topological polar surface area (TPSA) is 62.2 Å². The van der Waals surface area contributed by atoms with Crippen molar-refractivity contribution in [2.24, 2.45) is 5.92 Å². The molecule has 2 aromatic rings. The lowest BCUT2D eigenvalue weighted by Gasteiger charge is -2.29. The summed E-state index contributed by atoms with van der Waals surface area (Å²) < 4.78 is 0. The van der Waals surface area contributed by atoms with Gasteiger partial charge >= 0.3 is 0 Å². The van der Waals surface area contributed by atoms with Gasteiger partial charge in [-0.15, -0.1) is 10.2 Å². The van der Waals surface area contributed by atoms with E-state index in [1.165, 1.54) is 5.56 Å². The number of rotatable bonds is 5.